The number of carbonyl (C=O) groups excluding carboxylic acids is 1. The zero-order valence-corrected chi connectivity index (χ0v) is 18.2. The Hall–Kier alpha value is -1.58. The van der Waals surface area contributed by atoms with E-state index in [1.807, 2.05) is 18.2 Å². The van der Waals surface area contributed by atoms with Gasteiger partial charge in [0, 0.05) is 46.5 Å². The number of benzene rings is 1. The molecule has 0 aliphatic rings. The molecule has 0 bridgehead atoms. The molecule has 0 aromatic heterocycles. The van der Waals surface area contributed by atoms with Crippen LogP contribution in [0.15, 0.2) is 35.3 Å². The van der Waals surface area contributed by atoms with Gasteiger partial charge in [0.2, 0.25) is 5.91 Å². The van der Waals surface area contributed by atoms with Gasteiger partial charge in [0.25, 0.3) is 0 Å². The topological polar surface area (TPSA) is 60.0 Å². The number of anilines is 1. The Morgan fingerprint density at radius 3 is 2.27 bits per heavy atom. The van der Waals surface area contributed by atoms with Crippen molar-refractivity contribution in [2.75, 3.05) is 58.9 Å². The second-order valence-electron chi connectivity index (χ2n) is 5.96. The predicted octanol–water partition coefficient (Wildman–Crippen LogP) is 2.11. The fourth-order valence-electron chi connectivity index (χ4n) is 2.07. The number of rotatable bonds is 10. The van der Waals surface area contributed by atoms with Crippen molar-refractivity contribution in [2.24, 2.45) is 4.99 Å². The van der Waals surface area contributed by atoms with Crippen molar-refractivity contribution in [2.45, 2.75) is 12.8 Å². The Labute approximate surface area is 173 Å². The highest BCUT2D eigenvalue weighted by atomic mass is 127. The lowest BCUT2D eigenvalue weighted by atomic mass is 10.3. The largest absolute Gasteiger partial charge is 0.375 e. The van der Waals surface area contributed by atoms with Gasteiger partial charge in [-0.15, -0.1) is 24.0 Å². The van der Waals surface area contributed by atoms with Gasteiger partial charge in [0.05, 0.1) is 6.67 Å². The summed E-state index contributed by atoms with van der Waals surface area (Å²) in [6.07, 6.45) is 1.33. The van der Waals surface area contributed by atoms with Crippen molar-refractivity contribution >= 4 is 41.5 Å². The van der Waals surface area contributed by atoms with E-state index in [0.717, 1.165) is 19.5 Å². The van der Waals surface area contributed by atoms with Crippen LogP contribution in [0.3, 0.4) is 0 Å². The van der Waals surface area contributed by atoms with Gasteiger partial charge in [-0.1, -0.05) is 18.2 Å². The van der Waals surface area contributed by atoms with Gasteiger partial charge in [-0.25, -0.2) is 4.99 Å². The SMILES string of the molecule is CN(C)C(=O)CN=C(NCCCF)NCCCN(C)c1ccccc1.I. The maximum atomic E-state index is 12.3. The number of hydrogen-bond acceptors (Lipinski definition) is 3. The maximum Gasteiger partial charge on any atom is 0.243 e. The van der Waals surface area contributed by atoms with Gasteiger partial charge < -0.3 is 20.4 Å². The van der Waals surface area contributed by atoms with Crippen LogP contribution in [-0.2, 0) is 4.79 Å². The molecule has 8 heteroatoms. The predicted molar refractivity (Wildman–Crippen MR) is 117 cm³/mol. The molecule has 0 aliphatic carbocycles. The van der Waals surface area contributed by atoms with Crippen LogP contribution in [-0.4, -0.2) is 70.8 Å². The number of para-hydroxylation sites is 1. The van der Waals surface area contributed by atoms with Gasteiger partial charge in [-0.3, -0.25) is 9.18 Å². The number of guanidine groups is 1. The third-order valence-electron chi connectivity index (χ3n) is 3.63. The molecule has 0 unspecified atom stereocenters. The van der Waals surface area contributed by atoms with E-state index in [4.69, 9.17) is 0 Å². The number of nitrogens with one attached hydrogen (secondary N) is 2. The molecule has 0 fully saturated rings. The van der Waals surface area contributed by atoms with Crippen LogP contribution < -0.4 is 15.5 Å². The summed E-state index contributed by atoms with van der Waals surface area (Å²) in [6.45, 7) is 1.79. The van der Waals surface area contributed by atoms with Crippen LogP contribution >= 0.6 is 24.0 Å². The molecule has 1 amide bonds. The highest BCUT2D eigenvalue weighted by Gasteiger charge is 2.05. The van der Waals surface area contributed by atoms with E-state index in [1.54, 1.807) is 14.1 Å². The fourth-order valence-corrected chi connectivity index (χ4v) is 2.07. The molecule has 1 rings (SSSR count). The monoisotopic (exact) mass is 479 g/mol. The number of nitrogens with zero attached hydrogens (tertiary/aromatic N) is 3. The molecule has 0 radical (unpaired) electrons. The Balaban J connectivity index is 0.00000625. The van der Waals surface area contributed by atoms with Crippen LogP contribution in [0.2, 0.25) is 0 Å². The second-order valence-corrected chi connectivity index (χ2v) is 5.96. The zero-order chi connectivity index (χ0) is 18.5. The summed E-state index contributed by atoms with van der Waals surface area (Å²) in [4.78, 5) is 19.6. The summed E-state index contributed by atoms with van der Waals surface area (Å²) in [5.41, 5.74) is 1.18. The van der Waals surface area contributed by atoms with Gasteiger partial charge in [-0.2, -0.15) is 0 Å². The minimum Gasteiger partial charge on any atom is -0.375 e. The van der Waals surface area contributed by atoms with Crippen LogP contribution in [0, 0.1) is 0 Å². The van der Waals surface area contributed by atoms with Gasteiger partial charge >= 0.3 is 0 Å². The van der Waals surface area contributed by atoms with Gasteiger partial charge in [0.1, 0.15) is 6.54 Å². The summed E-state index contributed by atoms with van der Waals surface area (Å²) in [7, 11) is 5.45. The second kappa shape index (κ2) is 14.6. The van der Waals surface area contributed by atoms with E-state index in [2.05, 4.69) is 39.7 Å². The van der Waals surface area contributed by atoms with Crippen LogP contribution in [0.5, 0.6) is 0 Å². The molecule has 0 aliphatic heterocycles. The Morgan fingerprint density at radius 2 is 1.69 bits per heavy atom. The molecule has 0 spiro atoms. The lowest BCUT2D eigenvalue weighted by Gasteiger charge is -2.19. The maximum absolute atomic E-state index is 12.3. The summed E-state index contributed by atoms with van der Waals surface area (Å²) >= 11 is 0. The van der Waals surface area contributed by atoms with Crippen molar-refractivity contribution in [1.29, 1.82) is 0 Å². The average molecular weight is 479 g/mol. The van der Waals surface area contributed by atoms with Crippen molar-refractivity contribution in [3.05, 3.63) is 30.3 Å². The smallest absolute Gasteiger partial charge is 0.243 e. The molecule has 0 heterocycles. The lowest BCUT2D eigenvalue weighted by Crippen LogP contribution is -2.40. The van der Waals surface area contributed by atoms with Crippen LogP contribution in [0.25, 0.3) is 0 Å². The number of amides is 1. The molecule has 0 atom stereocenters. The number of carbonyl (C=O) groups is 1. The third-order valence-corrected chi connectivity index (χ3v) is 3.63. The number of likely N-dealkylation sites (N-methyl/N-ethyl adjacent to an activating group) is 1. The number of halogens is 2. The summed E-state index contributed by atoms with van der Waals surface area (Å²) in [5, 5.41) is 6.25. The third kappa shape index (κ3) is 10.4. The first-order chi connectivity index (χ1) is 12.0. The molecule has 6 nitrogen and oxygen atoms in total. The molecule has 148 valence electrons. The van der Waals surface area contributed by atoms with Gasteiger partial charge in [-0.05, 0) is 25.0 Å². The quantitative estimate of drug-likeness (QED) is 0.234. The van der Waals surface area contributed by atoms with Crippen molar-refractivity contribution in [1.82, 2.24) is 15.5 Å². The summed E-state index contributed by atoms with van der Waals surface area (Å²) < 4.78 is 12.3. The van der Waals surface area contributed by atoms with E-state index < -0.39 is 0 Å². The van der Waals surface area contributed by atoms with E-state index in [1.165, 1.54) is 10.6 Å². The zero-order valence-electron chi connectivity index (χ0n) is 15.9. The van der Waals surface area contributed by atoms with E-state index >= 15 is 0 Å². The first-order valence-electron chi connectivity index (χ1n) is 8.59. The molecule has 0 saturated carbocycles. The number of aliphatic imine (C=N–C) groups is 1. The molecule has 2 N–H and O–H groups in total. The molecular formula is C18H31FIN5O. The fraction of sp³-hybridized carbons (Fsp3) is 0.556. The van der Waals surface area contributed by atoms with E-state index in [9.17, 15) is 9.18 Å². The first kappa shape index (κ1) is 24.4. The lowest BCUT2D eigenvalue weighted by molar-refractivity contribution is -0.127. The highest BCUT2D eigenvalue weighted by Crippen LogP contribution is 2.10. The normalized spacial score (nSPS) is 10.7. The number of hydrogen-bond donors (Lipinski definition) is 2. The van der Waals surface area contributed by atoms with Crippen molar-refractivity contribution < 1.29 is 9.18 Å². The Kier molecular flexibility index (Phi) is 13.7. The molecule has 1 aromatic carbocycles. The average Bonchev–Trinajstić information content (AvgIpc) is 2.62. The molecule has 0 saturated heterocycles. The minimum absolute atomic E-state index is 0. The van der Waals surface area contributed by atoms with E-state index in [0.29, 0.717) is 18.9 Å². The Morgan fingerprint density at radius 1 is 1.08 bits per heavy atom. The minimum atomic E-state index is -0.376. The highest BCUT2D eigenvalue weighted by molar-refractivity contribution is 14.0. The molecular weight excluding hydrogens is 448 g/mol. The van der Waals surface area contributed by atoms with Gasteiger partial charge in [0.15, 0.2) is 5.96 Å². The van der Waals surface area contributed by atoms with Crippen LogP contribution in [0.4, 0.5) is 10.1 Å². The van der Waals surface area contributed by atoms with Crippen molar-refractivity contribution in [3.63, 3.8) is 0 Å². The Bertz CT molecular complexity index is 528. The van der Waals surface area contributed by atoms with E-state index in [-0.39, 0.29) is 43.1 Å². The van der Waals surface area contributed by atoms with Crippen LogP contribution in [0.1, 0.15) is 12.8 Å². The summed E-state index contributed by atoms with van der Waals surface area (Å²) in [6, 6.07) is 10.2. The van der Waals surface area contributed by atoms with Crippen molar-refractivity contribution in [3.8, 4) is 0 Å². The first-order valence-corrected chi connectivity index (χ1v) is 8.59. The molecule has 1 aromatic rings. The summed E-state index contributed by atoms with van der Waals surface area (Å²) in [5.74, 6) is 0.474. The standard InChI is InChI=1S/C18H30FN5O.HI/c1-23(2)17(25)15-22-18(20-12-7-11-19)21-13-8-14-24(3)16-9-5-4-6-10-16;/h4-6,9-10H,7-8,11-15H2,1-3H3,(H2,20,21,22);1H. The number of alkyl halides is 1. The molecule has 26 heavy (non-hydrogen) atoms.